The van der Waals surface area contributed by atoms with Crippen LogP contribution in [0.1, 0.15) is 22.3 Å². The Labute approximate surface area is 340 Å². The summed E-state index contributed by atoms with van der Waals surface area (Å²) in [7, 11) is -2.87. The van der Waals surface area contributed by atoms with Crippen LogP contribution in [-0.2, 0) is 5.41 Å². The predicted molar refractivity (Wildman–Crippen MR) is 249 cm³/mol. The summed E-state index contributed by atoms with van der Waals surface area (Å²) in [5, 5.41) is 2.91. The monoisotopic (exact) mass is 767 g/mol. The second-order valence-corrected chi connectivity index (χ2v) is 27.8. The molecule has 0 amide bonds. The first-order chi connectivity index (χ1) is 27.5. The fourth-order valence-electron chi connectivity index (χ4n) is 8.78. The largest absolute Gasteiger partial charge is 0.248 e. The third-order valence-corrected chi connectivity index (χ3v) is 16.0. The summed E-state index contributed by atoms with van der Waals surface area (Å²) in [4.78, 5) is 5.32. The number of hydrogen-bond acceptors (Lipinski definition) is 1. The highest BCUT2D eigenvalue weighted by Gasteiger charge is 2.46. The SMILES string of the molecule is C[Si](C)(C)c1ccc(-c2cc(-c3cccc(-c4ccc5c(c4)C(c4ccccc4)(c4ccccc4)c4ccccc4-5)c3)cc(-c3ccc([Si](C)(C)C)cc3)n2)cc1. The van der Waals surface area contributed by atoms with E-state index in [4.69, 9.17) is 4.98 Å². The van der Waals surface area contributed by atoms with Crippen molar-refractivity contribution in [2.24, 2.45) is 0 Å². The molecule has 1 aliphatic rings. The summed E-state index contributed by atoms with van der Waals surface area (Å²) in [6.45, 7) is 14.4. The normalized spacial score (nSPS) is 13.2. The minimum atomic E-state index is -1.43. The van der Waals surface area contributed by atoms with Gasteiger partial charge in [0.15, 0.2) is 0 Å². The maximum atomic E-state index is 5.32. The van der Waals surface area contributed by atoms with Crippen molar-refractivity contribution < 1.29 is 0 Å². The highest BCUT2D eigenvalue weighted by atomic mass is 28.3. The van der Waals surface area contributed by atoms with Crippen LogP contribution in [0.4, 0.5) is 0 Å². The second kappa shape index (κ2) is 14.3. The van der Waals surface area contributed by atoms with E-state index >= 15 is 0 Å². The minimum absolute atomic E-state index is 0.437. The molecule has 9 rings (SSSR count). The molecule has 0 fully saturated rings. The Balaban J connectivity index is 1.19. The molecule has 1 aliphatic carbocycles. The minimum Gasteiger partial charge on any atom is -0.248 e. The molecule has 57 heavy (non-hydrogen) atoms. The zero-order chi connectivity index (χ0) is 39.4. The van der Waals surface area contributed by atoms with Gasteiger partial charge in [-0.2, -0.15) is 0 Å². The van der Waals surface area contributed by atoms with Crippen molar-refractivity contribution in [1.82, 2.24) is 4.98 Å². The van der Waals surface area contributed by atoms with Crippen LogP contribution < -0.4 is 10.4 Å². The standard InChI is InChI=1S/C54H49NSi2/c1-56(2,3)46-29-24-38(25-30-46)52-36-43(37-53(55-52)39-26-31-47(32-27-39)57(4,5)6)41-17-15-16-40(34-41)42-28-33-49-48-22-13-14-23-50(48)54(51(49)35-42,44-18-9-7-10-19-44)45-20-11-8-12-21-45/h7-37H,1-6H3. The van der Waals surface area contributed by atoms with E-state index in [0.29, 0.717) is 0 Å². The average molecular weight is 768 g/mol. The third kappa shape index (κ3) is 6.65. The summed E-state index contributed by atoms with van der Waals surface area (Å²) in [5.74, 6) is 0. The number of aromatic nitrogens is 1. The molecule has 0 bridgehead atoms. The van der Waals surface area contributed by atoms with E-state index in [2.05, 4.69) is 227 Å². The molecule has 7 aromatic carbocycles. The lowest BCUT2D eigenvalue weighted by atomic mass is 9.67. The number of hydrogen-bond donors (Lipinski definition) is 0. The van der Waals surface area contributed by atoms with Crippen molar-refractivity contribution in [3.8, 4) is 55.9 Å². The number of benzene rings is 7. The van der Waals surface area contributed by atoms with Crippen molar-refractivity contribution in [1.29, 1.82) is 0 Å². The maximum absolute atomic E-state index is 5.32. The molecule has 8 aromatic rings. The van der Waals surface area contributed by atoms with Gasteiger partial charge in [-0.1, -0.05) is 213 Å². The Hall–Kier alpha value is -5.88. The van der Waals surface area contributed by atoms with Gasteiger partial charge in [0.1, 0.15) is 0 Å². The molecule has 1 nitrogen and oxygen atoms in total. The molecular weight excluding hydrogens is 719 g/mol. The molecule has 0 aliphatic heterocycles. The smallest absolute Gasteiger partial charge is 0.0775 e. The van der Waals surface area contributed by atoms with Crippen molar-refractivity contribution in [3.05, 3.63) is 210 Å². The Bertz CT molecular complexity index is 2600. The van der Waals surface area contributed by atoms with Gasteiger partial charge in [0, 0.05) is 11.1 Å². The van der Waals surface area contributed by atoms with Gasteiger partial charge in [-0.25, -0.2) is 4.98 Å². The maximum Gasteiger partial charge on any atom is 0.0775 e. The zero-order valence-corrected chi connectivity index (χ0v) is 35.8. The summed E-state index contributed by atoms with van der Waals surface area (Å²) in [6.07, 6.45) is 0. The molecule has 0 atom stereocenters. The zero-order valence-electron chi connectivity index (χ0n) is 33.8. The van der Waals surface area contributed by atoms with Gasteiger partial charge in [-0.15, -0.1) is 0 Å². The Morgan fingerprint density at radius 1 is 0.333 bits per heavy atom. The molecule has 1 heterocycles. The van der Waals surface area contributed by atoms with Crippen LogP contribution in [-0.4, -0.2) is 21.1 Å². The van der Waals surface area contributed by atoms with Gasteiger partial charge in [0.2, 0.25) is 0 Å². The lowest BCUT2D eigenvalue weighted by molar-refractivity contribution is 0.769. The molecule has 0 saturated carbocycles. The van der Waals surface area contributed by atoms with Gasteiger partial charge >= 0.3 is 0 Å². The van der Waals surface area contributed by atoms with Crippen LogP contribution in [0.15, 0.2) is 188 Å². The first-order valence-corrected chi connectivity index (χ1v) is 27.2. The van der Waals surface area contributed by atoms with Gasteiger partial charge in [0.05, 0.1) is 33.0 Å². The summed E-state index contributed by atoms with van der Waals surface area (Å²) in [6, 6.07) is 70.1. The van der Waals surface area contributed by atoms with Crippen molar-refractivity contribution in [2.45, 2.75) is 44.7 Å². The lowest BCUT2D eigenvalue weighted by Crippen LogP contribution is -2.37. The predicted octanol–water partition coefficient (Wildman–Crippen LogP) is 13.2. The molecule has 1 aromatic heterocycles. The van der Waals surface area contributed by atoms with Crippen LogP contribution in [0.25, 0.3) is 55.9 Å². The fourth-order valence-corrected chi connectivity index (χ4v) is 11.1. The van der Waals surface area contributed by atoms with E-state index in [1.807, 2.05) is 0 Å². The van der Waals surface area contributed by atoms with Gasteiger partial charge < -0.3 is 0 Å². The van der Waals surface area contributed by atoms with Crippen LogP contribution >= 0.6 is 0 Å². The van der Waals surface area contributed by atoms with Crippen molar-refractivity contribution in [3.63, 3.8) is 0 Å². The van der Waals surface area contributed by atoms with Crippen LogP contribution in [0, 0.1) is 0 Å². The van der Waals surface area contributed by atoms with E-state index in [1.165, 1.54) is 60.4 Å². The highest BCUT2D eigenvalue weighted by Crippen LogP contribution is 2.56. The molecule has 278 valence electrons. The Morgan fingerprint density at radius 3 is 1.30 bits per heavy atom. The quantitative estimate of drug-likeness (QED) is 0.140. The first-order valence-electron chi connectivity index (χ1n) is 20.2. The molecule has 0 saturated heterocycles. The van der Waals surface area contributed by atoms with E-state index in [1.54, 1.807) is 0 Å². The van der Waals surface area contributed by atoms with Crippen LogP contribution in [0.3, 0.4) is 0 Å². The fraction of sp³-hybridized carbons (Fsp3) is 0.130. The first kappa shape index (κ1) is 36.7. The Morgan fingerprint density at radius 2 is 0.772 bits per heavy atom. The van der Waals surface area contributed by atoms with Crippen molar-refractivity contribution >= 4 is 26.5 Å². The number of pyridine rings is 1. The average Bonchev–Trinajstić information content (AvgIpc) is 3.54. The van der Waals surface area contributed by atoms with Gasteiger partial charge in [-0.05, 0) is 79.9 Å². The molecule has 0 N–H and O–H groups in total. The van der Waals surface area contributed by atoms with Gasteiger partial charge in [-0.3, -0.25) is 0 Å². The third-order valence-electron chi connectivity index (χ3n) is 11.9. The molecule has 0 unspecified atom stereocenters. The van der Waals surface area contributed by atoms with E-state index in [-0.39, 0.29) is 0 Å². The molecule has 0 radical (unpaired) electrons. The number of rotatable bonds is 8. The lowest BCUT2D eigenvalue weighted by Gasteiger charge is -2.34. The molecular formula is C54H49NSi2. The highest BCUT2D eigenvalue weighted by molar-refractivity contribution is 6.89. The number of nitrogens with zero attached hydrogens (tertiary/aromatic N) is 1. The topological polar surface area (TPSA) is 12.9 Å². The van der Waals surface area contributed by atoms with Gasteiger partial charge in [0.25, 0.3) is 0 Å². The van der Waals surface area contributed by atoms with E-state index < -0.39 is 21.6 Å². The van der Waals surface area contributed by atoms with E-state index in [9.17, 15) is 0 Å². The second-order valence-electron chi connectivity index (χ2n) is 17.6. The van der Waals surface area contributed by atoms with E-state index in [0.717, 1.165) is 28.1 Å². The summed E-state index contributed by atoms with van der Waals surface area (Å²) < 4.78 is 0. The van der Waals surface area contributed by atoms with Crippen LogP contribution in [0.2, 0.25) is 39.3 Å². The summed E-state index contributed by atoms with van der Waals surface area (Å²) >= 11 is 0. The molecule has 0 spiro atoms. The summed E-state index contributed by atoms with van der Waals surface area (Å²) in [5.41, 5.74) is 16.4. The van der Waals surface area contributed by atoms with Crippen LogP contribution in [0.5, 0.6) is 0 Å². The molecule has 3 heteroatoms. The Kier molecular flexibility index (Phi) is 9.19. The number of fused-ring (bicyclic) bond motifs is 3. The van der Waals surface area contributed by atoms with Crippen molar-refractivity contribution in [2.75, 3.05) is 0 Å².